The van der Waals surface area contributed by atoms with E-state index in [0.717, 1.165) is 29.8 Å². The molecule has 0 aliphatic rings. The lowest BCUT2D eigenvalue weighted by atomic mass is 10.4. The molecule has 1 heterocycles. The molecule has 0 saturated carbocycles. The highest BCUT2D eigenvalue weighted by Gasteiger charge is 2.16. The van der Waals surface area contributed by atoms with Crippen molar-refractivity contribution in [3.63, 3.8) is 0 Å². The second-order valence-electron chi connectivity index (χ2n) is 3.89. The van der Waals surface area contributed by atoms with E-state index in [4.69, 9.17) is 0 Å². The summed E-state index contributed by atoms with van der Waals surface area (Å²) in [4.78, 5) is 2.23. The van der Waals surface area contributed by atoms with Gasteiger partial charge < -0.3 is 4.90 Å². The van der Waals surface area contributed by atoms with Gasteiger partial charge in [0.2, 0.25) is 10.0 Å². The number of thiophene rings is 1. The Bertz CT molecular complexity index is 459. The lowest BCUT2D eigenvalue weighted by Gasteiger charge is -2.19. The molecule has 7 heteroatoms. The fourth-order valence-electron chi connectivity index (χ4n) is 1.60. The minimum Gasteiger partial charge on any atom is -0.302 e. The maximum absolute atomic E-state index is 11.9. The van der Waals surface area contributed by atoms with Crippen molar-refractivity contribution in [3.8, 4) is 0 Å². The van der Waals surface area contributed by atoms with E-state index in [0.29, 0.717) is 10.8 Å². The Balaban J connectivity index is 2.47. The van der Waals surface area contributed by atoms with Gasteiger partial charge in [0.1, 0.15) is 4.21 Å². The fraction of sp³-hybridized carbons (Fsp3) is 0.636. The first-order valence-electron chi connectivity index (χ1n) is 5.97. The van der Waals surface area contributed by atoms with Crippen LogP contribution in [-0.2, 0) is 10.0 Å². The third-order valence-corrected chi connectivity index (χ3v) is 6.10. The summed E-state index contributed by atoms with van der Waals surface area (Å²) in [5.74, 6) is 0. The zero-order valence-corrected chi connectivity index (χ0v) is 13.9. The summed E-state index contributed by atoms with van der Waals surface area (Å²) in [6, 6.07) is 3.36. The van der Waals surface area contributed by atoms with Crippen LogP contribution in [0, 0.1) is 0 Å². The molecule has 1 rings (SSSR count). The Labute approximate surface area is 122 Å². The Morgan fingerprint density at radius 3 is 2.56 bits per heavy atom. The first kappa shape index (κ1) is 16.1. The highest BCUT2D eigenvalue weighted by atomic mass is 79.9. The molecule has 104 valence electrons. The van der Waals surface area contributed by atoms with Crippen LogP contribution >= 0.6 is 27.3 Å². The second kappa shape index (κ2) is 7.59. The largest absolute Gasteiger partial charge is 0.302 e. The molecule has 0 aromatic carbocycles. The molecular weight excluding hydrogens is 336 g/mol. The Morgan fingerprint density at radius 2 is 2.06 bits per heavy atom. The van der Waals surface area contributed by atoms with Crippen LogP contribution in [0.5, 0.6) is 0 Å². The van der Waals surface area contributed by atoms with E-state index in [1.54, 1.807) is 12.1 Å². The van der Waals surface area contributed by atoms with Crippen LogP contribution in [0.3, 0.4) is 0 Å². The number of rotatable bonds is 8. The van der Waals surface area contributed by atoms with Crippen LogP contribution in [-0.4, -0.2) is 39.5 Å². The van der Waals surface area contributed by atoms with E-state index in [9.17, 15) is 8.42 Å². The molecule has 0 aliphatic carbocycles. The van der Waals surface area contributed by atoms with Crippen LogP contribution in [0.1, 0.15) is 20.3 Å². The monoisotopic (exact) mass is 354 g/mol. The number of nitrogens with zero attached hydrogens (tertiary/aromatic N) is 1. The predicted molar refractivity (Wildman–Crippen MR) is 79.6 cm³/mol. The zero-order chi connectivity index (χ0) is 13.6. The van der Waals surface area contributed by atoms with Crippen molar-refractivity contribution in [2.75, 3.05) is 26.2 Å². The fourth-order valence-corrected chi connectivity index (χ4v) is 4.67. The van der Waals surface area contributed by atoms with Crippen molar-refractivity contribution >= 4 is 37.3 Å². The lowest BCUT2D eigenvalue weighted by Crippen LogP contribution is -2.35. The van der Waals surface area contributed by atoms with Gasteiger partial charge in [-0.2, -0.15) is 0 Å². The number of hydrogen-bond acceptors (Lipinski definition) is 4. The molecule has 0 atom stereocenters. The van der Waals surface area contributed by atoms with Crippen LogP contribution in [0.2, 0.25) is 0 Å². The van der Waals surface area contributed by atoms with Crippen molar-refractivity contribution in [1.29, 1.82) is 0 Å². The normalized spacial score (nSPS) is 12.2. The van der Waals surface area contributed by atoms with Gasteiger partial charge in [-0.25, -0.2) is 13.1 Å². The average Bonchev–Trinajstić information content (AvgIpc) is 2.75. The summed E-state index contributed by atoms with van der Waals surface area (Å²) in [6.45, 7) is 7.35. The van der Waals surface area contributed by atoms with Gasteiger partial charge in [0.15, 0.2) is 0 Å². The van der Waals surface area contributed by atoms with Gasteiger partial charge in [0.05, 0.1) is 3.79 Å². The smallest absolute Gasteiger partial charge is 0.250 e. The zero-order valence-electron chi connectivity index (χ0n) is 10.6. The molecule has 0 unspecified atom stereocenters. The summed E-state index contributed by atoms with van der Waals surface area (Å²) in [7, 11) is -3.35. The molecule has 1 aromatic rings. The molecule has 0 radical (unpaired) electrons. The molecule has 0 fully saturated rings. The van der Waals surface area contributed by atoms with Gasteiger partial charge in [-0.3, -0.25) is 0 Å². The molecule has 1 N–H and O–H groups in total. The number of hydrogen-bond donors (Lipinski definition) is 1. The maximum Gasteiger partial charge on any atom is 0.250 e. The van der Waals surface area contributed by atoms with Gasteiger partial charge in [-0.05, 0) is 47.6 Å². The van der Waals surface area contributed by atoms with Crippen LogP contribution < -0.4 is 4.72 Å². The molecule has 0 bridgehead atoms. The van der Waals surface area contributed by atoms with Crippen molar-refractivity contribution in [1.82, 2.24) is 9.62 Å². The topological polar surface area (TPSA) is 49.4 Å². The predicted octanol–water partition coefficient (Wildman–Crippen LogP) is 2.52. The van der Waals surface area contributed by atoms with E-state index in [1.807, 2.05) is 0 Å². The maximum atomic E-state index is 11.9. The second-order valence-corrected chi connectivity index (χ2v) is 8.35. The summed E-state index contributed by atoms with van der Waals surface area (Å²) in [5, 5.41) is 0. The average molecular weight is 355 g/mol. The molecule has 1 aromatic heterocycles. The summed E-state index contributed by atoms with van der Waals surface area (Å²) in [6.07, 6.45) is 1.08. The molecule has 0 aliphatic heterocycles. The van der Waals surface area contributed by atoms with E-state index in [-0.39, 0.29) is 0 Å². The van der Waals surface area contributed by atoms with Crippen LogP contribution in [0.4, 0.5) is 0 Å². The van der Waals surface area contributed by atoms with Crippen molar-refractivity contribution in [3.05, 3.63) is 15.9 Å². The van der Waals surface area contributed by atoms with Gasteiger partial charge in [-0.1, -0.05) is 13.8 Å². The quantitative estimate of drug-likeness (QED) is 0.780. The molecule has 0 saturated heterocycles. The van der Waals surface area contributed by atoms with Crippen molar-refractivity contribution < 1.29 is 8.42 Å². The highest BCUT2D eigenvalue weighted by Crippen LogP contribution is 2.25. The van der Waals surface area contributed by atoms with Crippen molar-refractivity contribution in [2.24, 2.45) is 0 Å². The molecular formula is C11H19BrN2O2S2. The highest BCUT2D eigenvalue weighted by molar-refractivity contribution is 9.11. The number of nitrogens with one attached hydrogen (secondary N) is 1. The van der Waals surface area contributed by atoms with E-state index in [2.05, 4.69) is 39.4 Å². The standard InChI is InChI=1S/C11H19BrN2O2S2/c1-3-8-14(4-2)9-7-13-18(15,16)11-6-5-10(12)17-11/h5-6,13H,3-4,7-9H2,1-2H3. The minimum absolute atomic E-state index is 0.355. The van der Waals surface area contributed by atoms with Crippen molar-refractivity contribution in [2.45, 2.75) is 24.5 Å². The lowest BCUT2D eigenvalue weighted by molar-refractivity contribution is 0.293. The van der Waals surface area contributed by atoms with Gasteiger partial charge in [-0.15, -0.1) is 11.3 Å². The molecule has 18 heavy (non-hydrogen) atoms. The SMILES string of the molecule is CCCN(CC)CCNS(=O)(=O)c1ccc(Br)s1. The molecule has 0 spiro atoms. The summed E-state index contributed by atoms with van der Waals surface area (Å²) < 4.78 is 27.7. The molecule has 4 nitrogen and oxygen atoms in total. The first-order valence-corrected chi connectivity index (χ1v) is 9.06. The Morgan fingerprint density at radius 1 is 1.33 bits per heavy atom. The third kappa shape index (κ3) is 4.97. The van der Waals surface area contributed by atoms with Gasteiger partial charge in [0.25, 0.3) is 0 Å². The summed E-state index contributed by atoms with van der Waals surface area (Å²) >= 11 is 4.49. The van der Waals surface area contributed by atoms with Gasteiger partial charge >= 0.3 is 0 Å². The number of likely N-dealkylation sites (N-methyl/N-ethyl adjacent to an activating group) is 1. The molecule has 0 amide bonds. The number of sulfonamides is 1. The van der Waals surface area contributed by atoms with E-state index in [1.165, 1.54) is 11.3 Å². The van der Waals surface area contributed by atoms with E-state index >= 15 is 0 Å². The van der Waals surface area contributed by atoms with Crippen LogP contribution in [0.15, 0.2) is 20.1 Å². The third-order valence-electron chi connectivity index (χ3n) is 2.52. The van der Waals surface area contributed by atoms with E-state index < -0.39 is 10.0 Å². The summed E-state index contributed by atoms with van der Waals surface area (Å²) in [5.41, 5.74) is 0. The minimum atomic E-state index is -3.35. The Hall–Kier alpha value is 0.0500. The van der Waals surface area contributed by atoms with Crippen LogP contribution in [0.25, 0.3) is 0 Å². The first-order chi connectivity index (χ1) is 8.49. The van der Waals surface area contributed by atoms with Gasteiger partial charge in [0, 0.05) is 13.1 Å². The Kier molecular flexibility index (Phi) is 6.79. The number of halogens is 1.